The highest BCUT2D eigenvalue weighted by molar-refractivity contribution is 6.22. The third kappa shape index (κ3) is 4.27. The molecule has 5 rings (SSSR count). The Hall–Kier alpha value is -3.74. The van der Waals surface area contributed by atoms with Gasteiger partial charge in [-0.15, -0.1) is 0 Å². The molecule has 2 aliphatic heterocycles. The van der Waals surface area contributed by atoms with Crippen molar-refractivity contribution in [2.75, 3.05) is 16.3 Å². The Bertz CT molecular complexity index is 1210. The molecule has 0 bridgehead atoms. The predicted octanol–water partition coefficient (Wildman–Crippen LogP) is 4.05. The number of fused-ring (bicyclic) bond motifs is 1. The average Bonchev–Trinajstić information content (AvgIpc) is 3.37. The minimum atomic E-state index is -0.561. The molecule has 35 heavy (non-hydrogen) atoms. The van der Waals surface area contributed by atoms with Crippen LogP contribution in [-0.4, -0.2) is 30.2 Å². The highest BCUT2D eigenvalue weighted by Gasteiger charge is 2.48. The minimum absolute atomic E-state index is 0.0967. The quantitative estimate of drug-likeness (QED) is 0.284. The molecule has 2 aromatic carbocycles. The van der Waals surface area contributed by atoms with Crippen molar-refractivity contribution in [3.63, 3.8) is 0 Å². The maximum atomic E-state index is 12.9. The number of rotatable bonds is 5. The summed E-state index contributed by atoms with van der Waals surface area (Å²) in [6, 6.07) is 14.2. The minimum Gasteiger partial charge on any atom is -0.426 e. The van der Waals surface area contributed by atoms with Crippen LogP contribution in [-0.2, 0) is 25.6 Å². The molecule has 0 unspecified atom stereocenters. The van der Waals surface area contributed by atoms with Crippen molar-refractivity contribution in [1.82, 2.24) is 0 Å². The summed E-state index contributed by atoms with van der Waals surface area (Å²) in [6.45, 7) is 4.33. The lowest BCUT2D eigenvalue weighted by Gasteiger charge is -2.18. The number of imide groups is 1. The molecule has 2 saturated heterocycles. The second-order valence-electron chi connectivity index (χ2n) is 9.56. The first kappa shape index (κ1) is 23.0. The Kier molecular flexibility index (Phi) is 6.01. The smallest absolute Gasteiger partial charge is 0.316 e. The molecule has 2 heterocycles. The van der Waals surface area contributed by atoms with E-state index in [0.29, 0.717) is 24.3 Å². The monoisotopic (exact) mass is 472 g/mol. The second kappa shape index (κ2) is 9.13. The number of esters is 1. The number of hydrogen-bond acceptors (Lipinski definition) is 5. The number of allylic oxidation sites excluding steroid dienone is 2. The average molecular weight is 473 g/mol. The van der Waals surface area contributed by atoms with Crippen LogP contribution in [0.15, 0.2) is 60.2 Å². The largest absolute Gasteiger partial charge is 0.426 e. The highest BCUT2D eigenvalue weighted by atomic mass is 16.5. The molecule has 0 radical (unpaired) electrons. The number of benzene rings is 2. The van der Waals surface area contributed by atoms with Crippen molar-refractivity contribution in [3.05, 3.63) is 65.7 Å². The standard InChI is InChI=1S/C28H28N2O5/c1-3-18-5-7-20(8-6-18)29-16-19(15-25(29)31)28(34)35-22-11-9-21(10-12-22)30-26(32)23-13-4-17(2)14-24(23)27(30)33/h4-12,19,23-24H,3,13-16H2,1-2H3/t19-,23-,24-/m1/s1. The fourth-order valence-corrected chi connectivity index (χ4v) is 5.18. The molecule has 7 nitrogen and oxygen atoms in total. The van der Waals surface area contributed by atoms with Crippen molar-refractivity contribution in [2.45, 2.75) is 39.5 Å². The van der Waals surface area contributed by atoms with Gasteiger partial charge in [0.05, 0.1) is 23.4 Å². The number of ether oxygens (including phenoxy) is 1. The van der Waals surface area contributed by atoms with Crippen LogP contribution in [0, 0.1) is 17.8 Å². The first-order chi connectivity index (χ1) is 16.9. The van der Waals surface area contributed by atoms with Crippen molar-refractivity contribution in [2.24, 2.45) is 17.8 Å². The van der Waals surface area contributed by atoms with Gasteiger partial charge in [0.1, 0.15) is 5.75 Å². The van der Waals surface area contributed by atoms with Crippen LogP contribution in [0.3, 0.4) is 0 Å². The zero-order valence-electron chi connectivity index (χ0n) is 19.9. The number of hydrogen-bond donors (Lipinski definition) is 0. The van der Waals surface area contributed by atoms with Crippen LogP contribution in [0.4, 0.5) is 11.4 Å². The van der Waals surface area contributed by atoms with Crippen molar-refractivity contribution in [1.29, 1.82) is 0 Å². The maximum Gasteiger partial charge on any atom is 0.316 e. The van der Waals surface area contributed by atoms with E-state index in [1.807, 2.05) is 37.3 Å². The predicted molar refractivity (Wildman–Crippen MR) is 131 cm³/mol. The summed E-state index contributed by atoms with van der Waals surface area (Å²) >= 11 is 0. The Balaban J connectivity index is 1.23. The molecule has 2 fully saturated rings. The summed E-state index contributed by atoms with van der Waals surface area (Å²) in [5.41, 5.74) is 3.57. The Morgan fingerprint density at radius 1 is 0.914 bits per heavy atom. The highest BCUT2D eigenvalue weighted by Crippen LogP contribution is 2.40. The third-order valence-corrected chi connectivity index (χ3v) is 7.25. The molecule has 0 N–H and O–H groups in total. The molecule has 0 spiro atoms. The number of carbonyl (C=O) groups excluding carboxylic acids is 4. The van der Waals surface area contributed by atoms with E-state index >= 15 is 0 Å². The molecule has 7 heteroatoms. The molecular weight excluding hydrogens is 444 g/mol. The number of aryl methyl sites for hydroxylation is 1. The summed E-state index contributed by atoms with van der Waals surface area (Å²) in [5, 5.41) is 0. The van der Waals surface area contributed by atoms with Crippen molar-refractivity contribution in [3.8, 4) is 5.75 Å². The van der Waals surface area contributed by atoms with Crippen LogP contribution in [0.2, 0.25) is 0 Å². The molecule has 180 valence electrons. The van der Waals surface area contributed by atoms with Gasteiger partial charge < -0.3 is 9.64 Å². The SMILES string of the molecule is CCc1ccc(N2C[C@H](C(=O)Oc3ccc(N4C(=O)[C@@H]5CC=C(C)C[C@H]5C4=O)cc3)CC2=O)cc1. The van der Waals surface area contributed by atoms with Crippen LogP contribution in [0.5, 0.6) is 5.75 Å². The van der Waals surface area contributed by atoms with E-state index in [4.69, 9.17) is 4.74 Å². The lowest BCUT2D eigenvalue weighted by atomic mass is 9.82. The summed E-state index contributed by atoms with van der Waals surface area (Å²) in [4.78, 5) is 53.9. The lowest BCUT2D eigenvalue weighted by molar-refractivity contribution is -0.139. The third-order valence-electron chi connectivity index (χ3n) is 7.25. The molecule has 3 atom stereocenters. The van der Waals surface area contributed by atoms with Gasteiger partial charge in [-0.25, -0.2) is 0 Å². The van der Waals surface area contributed by atoms with Crippen LogP contribution >= 0.6 is 0 Å². The topological polar surface area (TPSA) is 84.0 Å². The van der Waals surface area contributed by atoms with Gasteiger partial charge in [-0.05, 0) is 68.1 Å². The molecule has 0 aromatic heterocycles. The van der Waals surface area contributed by atoms with Crippen LogP contribution in [0.1, 0.15) is 38.7 Å². The van der Waals surface area contributed by atoms with Crippen molar-refractivity contribution < 1.29 is 23.9 Å². The van der Waals surface area contributed by atoms with Gasteiger partial charge in [0.15, 0.2) is 0 Å². The summed E-state index contributed by atoms with van der Waals surface area (Å²) in [7, 11) is 0. The summed E-state index contributed by atoms with van der Waals surface area (Å²) in [6.07, 6.45) is 4.25. The van der Waals surface area contributed by atoms with E-state index in [1.54, 1.807) is 29.2 Å². The molecule has 3 amide bonds. The van der Waals surface area contributed by atoms with Crippen molar-refractivity contribution >= 4 is 35.1 Å². The molecular formula is C28H28N2O5. The molecule has 3 aliphatic rings. The van der Waals surface area contributed by atoms with Gasteiger partial charge in [0, 0.05) is 18.7 Å². The first-order valence-electron chi connectivity index (χ1n) is 12.1. The van der Waals surface area contributed by atoms with E-state index in [1.165, 1.54) is 10.5 Å². The Morgan fingerprint density at radius 3 is 2.26 bits per heavy atom. The van der Waals surface area contributed by atoms with E-state index in [0.717, 1.165) is 17.7 Å². The van der Waals surface area contributed by atoms with Crippen LogP contribution in [0.25, 0.3) is 0 Å². The van der Waals surface area contributed by atoms with Gasteiger partial charge in [-0.3, -0.25) is 24.1 Å². The Labute approximate surface area is 204 Å². The molecule has 0 saturated carbocycles. The number of nitrogens with zero attached hydrogens (tertiary/aromatic N) is 2. The van der Waals surface area contributed by atoms with Gasteiger partial charge in [-0.2, -0.15) is 0 Å². The first-order valence-corrected chi connectivity index (χ1v) is 12.1. The summed E-state index contributed by atoms with van der Waals surface area (Å²) in [5.74, 6) is -1.78. The lowest BCUT2D eigenvalue weighted by Crippen LogP contribution is -2.30. The van der Waals surface area contributed by atoms with E-state index < -0.39 is 11.9 Å². The second-order valence-corrected chi connectivity index (χ2v) is 9.56. The molecule has 2 aromatic rings. The zero-order valence-corrected chi connectivity index (χ0v) is 19.9. The zero-order chi connectivity index (χ0) is 24.7. The van der Waals surface area contributed by atoms with Gasteiger partial charge in [0.25, 0.3) is 0 Å². The maximum absolute atomic E-state index is 12.9. The number of amides is 3. The Morgan fingerprint density at radius 2 is 1.57 bits per heavy atom. The van der Waals surface area contributed by atoms with E-state index in [2.05, 4.69) is 6.92 Å². The number of carbonyl (C=O) groups is 4. The van der Waals surface area contributed by atoms with E-state index in [9.17, 15) is 19.2 Å². The van der Waals surface area contributed by atoms with Gasteiger partial charge >= 0.3 is 5.97 Å². The van der Waals surface area contributed by atoms with Crippen LogP contribution < -0.4 is 14.5 Å². The number of anilines is 2. The van der Waals surface area contributed by atoms with E-state index in [-0.39, 0.29) is 42.5 Å². The van der Waals surface area contributed by atoms with Gasteiger partial charge in [-0.1, -0.05) is 30.7 Å². The molecule has 1 aliphatic carbocycles. The van der Waals surface area contributed by atoms with Gasteiger partial charge in [0.2, 0.25) is 17.7 Å². The summed E-state index contributed by atoms with van der Waals surface area (Å²) < 4.78 is 5.53. The fourth-order valence-electron chi connectivity index (χ4n) is 5.18. The fraction of sp³-hybridized carbons (Fsp3) is 0.357. The normalized spacial score (nSPS) is 24.0.